The molecule has 2 aromatic carbocycles. The van der Waals surface area contributed by atoms with Crippen molar-refractivity contribution >= 4 is 41.0 Å². The molecule has 0 aliphatic rings. The van der Waals surface area contributed by atoms with Crippen molar-refractivity contribution in [3.63, 3.8) is 0 Å². The third kappa shape index (κ3) is 5.08. The van der Waals surface area contributed by atoms with Crippen LogP contribution in [0.4, 0.5) is 5.69 Å². The first-order chi connectivity index (χ1) is 12.4. The van der Waals surface area contributed by atoms with Gasteiger partial charge in [-0.3, -0.25) is 14.9 Å². The summed E-state index contributed by atoms with van der Waals surface area (Å²) in [6, 6.07) is 8.81. The molecule has 0 spiro atoms. The van der Waals surface area contributed by atoms with Crippen LogP contribution in [0.1, 0.15) is 5.56 Å². The van der Waals surface area contributed by atoms with Crippen molar-refractivity contribution in [2.24, 2.45) is 5.10 Å². The van der Waals surface area contributed by atoms with Crippen LogP contribution in [0, 0.1) is 10.1 Å². The van der Waals surface area contributed by atoms with Crippen LogP contribution < -0.4 is 14.9 Å². The summed E-state index contributed by atoms with van der Waals surface area (Å²) in [7, 11) is 1.44. The predicted molar refractivity (Wildman–Crippen MR) is 97.3 cm³/mol. The highest BCUT2D eigenvalue weighted by atomic mass is 35.5. The molecule has 0 unspecified atom stereocenters. The van der Waals surface area contributed by atoms with Gasteiger partial charge in [-0.1, -0.05) is 35.3 Å². The van der Waals surface area contributed by atoms with Gasteiger partial charge in [-0.05, 0) is 18.2 Å². The standard InChI is InChI=1S/C16H13Cl2N3O5/c1-25-16-10(6-11(17)7-12(16)18)8-19-20-15(22)9-26-14-5-3-2-4-13(14)21(23)24/h2-8H,9H2,1H3,(H,20,22). The van der Waals surface area contributed by atoms with Crippen LogP contribution >= 0.6 is 23.2 Å². The summed E-state index contributed by atoms with van der Waals surface area (Å²) in [6.45, 7) is -0.449. The first-order valence-electron chi connectivity index (χ1n) is 7.13. The average molecular weight is 398 g/mol. The van der Waals surface area contributed by atoms with Crippen LogP contribution in [-0.2, 0) is 4.79 Å². The summed E-state index contributed by atoms with van der Waals surface area (Å²) in [5.41, 5.74) is 2.46. The molecule has 0 fully saturated rings. The minimum absolute atomic E-state index is 0.0140. The van der Waals surface area contributed by atoms with Gasteiger partial charge in [0, 0.05) is 16.7 Å². The molecule has 1 amide bonds. The van der Waals surface area contributed by atoms with Crippen molar-refractivity contribution in [2.75, 3.05) is 13.7 Å². The number of nitrogens with zero attached hydrogens (tertiary/aromatic N) is 2. The molecule has 10 heteroatoms. The number of rotatable bonds is 7. The molecule has 0 bridgehead atoms. The number of nitro groups is 1. The number of methoxy groups -OCH3 is 1. The Hall–Kier alpha value is -2.84. The molecule has 0 heterocycles. The number of ether oxygens (including phenoxy) is 2. The van der Waals surface area contributed by atoms with E-state index in [-0.39, 0.29) is 11.4 Å². The summed E-state index contributed by atoms with van der Waals surface area (Å²) in [5, 5.41) is 15.3. The summed E-state index contributed by atoms with van der Waals surface area (Å²) in [6.07, 6.45) is 1.31. The first kappa shape index (κ1) is 19.5. The minimum atomic E-state index is -0.605. The van der Waals surface area contributed by atoms with Crippen molar-refractivity contribution in [3.05, 3.63) is 62.1 Å². The zero-order chi connectivity index (χ0) is 19.1. The number of hydrazone groups is 1. The summed E-state index contributed by atoms with van der Waals surface area (Å²) in [4.78, 5) is 22.1. The lowest BCUT2D eigenvalue weighted by Gasteiger charge is -2.07. The van der Waals surface area contributed by atoms with E-state index in [4.69, 9.17) is 32.7 Å². The number of hydrogen-bond acceptors (Lipinski definition) is 6. The van der Waals surface area contributed by atoms with E-state index < -0.39 is 17.4 Å². The second-order valence-corrected chi connectivity index (χ2v) is 5.66. The second-order valence-electron chi connectivity index (χ2n) is 4.82. The smallest absolute Gasteiger partial charge is 0.310 e. The van der Waals surface area contributed by atoms with E-state index in [9.17, 15) is 14.9 Å². The molecule has 0 saturated carbocycles. The molecule has 0 aromatic heterocycles. The van der Waals surface area contributed by atoms with Crippen molar-refractivity contribution in [1.82, 2.24) is 5.43 Å². The van der Waals surface area contributed by atoms with Gasteiger partial charge in [0.25, 0.3) is 5.91 Å². The van der Waals surface area contributed by atoms with Gasteiger partial charge in [-0.15, -0.1) is 0 Å². The number of amides is 1. The Labute approximate surface area is 158 Å². The van der Waals surface area contributed by atoms with E-state index >= 15 is 0 Å². The molecular weight excluding hydrogens is 385 g/mol. The van der Waals surface area contributed by atoms with Crippen LogP contribution in [0.25, 0.3) is 0 Å². The van der Waals surface area contributed by atoms with Crippen molar-refractivity contribution < 1.29 is 19.2 Å². The molecule has 0 atom stereocenters. The number of benzene rings is 2. The molecule has 2 aromatic rings. The van der Waals surface area contributed by atoms with Crippen LogP contribution in [0.2, 0.25) is 10.0 Å². The Bertz CT molecular complexity index is 858. The highest BCUT2D eigenvalue weighted by Gasteiger charge is 2.14. The predicted octanol–water partition coefficient (Wildman–Crippen LogP) is 3.44. The number of carbonyl (C=O) groups excluding carboxylic acids is 1. The van der Waals surface area contributed by atoms with Gasteiger partial charge >= 0.3 is 5.69 Å². The van der Waals surface area contributed by atoms with E-state index in [1.165, 1.54) is 37.6 Å². The zero-order valence-corrected chi connectivity index (χ0v) is 15.0. The Kier molecular flexibility index (Phi) is 6.76. The summed E-state index contributed by atoms with van der Waals surface area (Å²) >= 11 is 11.9. The zero-order valence-electron chi connectivity index (χ0n) is 13.4. The number of para-hydroxylation sites is 2. The lowest BCUT2D eigenvalue weighted by molar-refractivity contribution is -0.385. The molecule has 8 nitrogen and oxygen atoms in total. The third-order valence-corrected chi connectivity index (χ3v) is 3.55. The van der Waals surface area contributed by atoms with Gasteiger partial charge in [0.2, 0.25) is 0 Å². The lowest BCUT2D eigenvalue weighted by atomic mass is 10.2. The molecule has 26 heavy (non-hydrogen) atoms. The van der Waals surface area contributed by atoms with E-state index in [0.29, 0.717) is 21.4 Å². The molecule has 2 rings (SSSR count). The van der Waals surface area contributed by atoms with Gasteiger partial charge in [0.05, 0.1) is 23.3 Å². The van der Waals surface area contributed by atoms with Crippen molar-refractivity contribution in [2.45, 2.75) is 0 Å². The number of hydrogen-bond donors (Lipinski definition) is 1. The lowest BCUT2D eigenvalue weighted by Crippen LogP contribution is -2.24. The molecule has 0 aliphatic carbocycles. The van der Waals surface area contributed by atoms with E-state index in [2.05, 4.69) is 10.5 Å². The summed E-state index contributed by atoms with van der Waals surface area (Å²) in [5.74, 6) is -0.267. The van der Waals surface area contributed by atoms with E-state index in [0.717, 1.165) is 0 Å². The highest BCUT2D eigenvalue weighted by molar-refractivity contribution is 6.36. The Balaban J connectivity index is 1.98. The quantitative estimate of drug-likeness (QED) is 0.437. The summed E-state index contributed by atoms with van der Waals surface area (Å²) < 4.78 is 10.3. The molecule has 136 valence electrons. The molecule has 0 saturated heterocycles. The van der Waals surface area contributed by atoms with Crippen LogP contribution in [-0.4, -0.2) is 30.8 Å². The average Bonchev–Trinajstić information content (AvgIpc) is 2.59. The number of halogens is 2. The number of nitro benzene ring substituents is 1. The molecular formula is C16H13Cl2N3O5. The van der Waals surface area contributed by atoms with E-state index in [1.807, 2.05) is 0 Å². The normalized spacial score (nSPS) is 10.6. The maximum Gasteiger partial charge on any atom is 0.310 e. The maximum atomic E-state index is 11.8. The number of nitrogens with one attached hydrogen (secondary N) is 1. The number of carbonyl (C=O) groups is 1. The topological polar surface area (TPSA) is 103 Å². The highest BCUT2D eigenvalue weighted by Crippen LogP contribution is 2.31. The fourth-order valence-electron chi connectivity index (χ4n) is 1.97. The molecule has 0 radical (unpaired) electrons. The second kappa shape index (κ2) is 9.02. The first-order valence-corrected chi connectivity index (χ1v) is 7.89. The molecule has 1 N–H and O–H groups in total. The van der Waals surface area contributed by atoms with Crippen LogP contribution in [0.15, 0.2) is 41.5 Å². The van der Waals surface area contributed by atoms with Crippen molar-refractivity contribution in [1.29, 1.82) is 0 Å². The van der Waals surface area contributed by atoms with Gasteiger partial charge in [-0.2, -0.15) is 5.10 Å². The third-order valence-electron chi connectivity index (χ3n) is 3.05. The van der Waals surface area contributed by atoms with Gasteiger partial charge < -0.3 is 9.47 Å². The SMILES string of the molecule is COc1c(Cl)cc(Cl)cc1C=NNC(=O)COc1ccccc1[N+](=O)[O-]. The van der Waals surface area contributed by atoms with Crippen molar-refractivity contribution in [3.8, 4) is 11.5 Å². The fourth-order valence-corrected chi connectivity index (χ4v) is 2.56. The minimum Gasteiger partial charge on any atom is -0.495 e. The Morgan fingerprint density at radius 3 is 2.77 bits per heavy atom. The Morgan fingerprint density at radius 2 is 2.08 bits per heavy atom. The van der Waals surface area contributed by atoms with Gasteiger partial charge in [0.1, 0.15) is 5.75 Å². The van der Waals surface area contributed by atoms with E-state index in [1.54, 1.807) is 12.1 Å². The monoisotopic (exact) mass is 397 g/mol. The Morgan fingerprint density at radius 1 is 1.35 bits per heavy atom. The fraction of sp³-hybridized carbons (Fsp3) is 0.125. The maximum absolute atomic E-state index is 11.8. The van der Waals surface area contributed by atoms with Gasteiger partial charge in [0.15, 0.2) is 12.4 Å². The van der Waals surface area contributed by atoms with Crippen LogP contribution in [0.5, 0.6) is 11.5 Å². The molecule has 0 aliphatic heterocycles. The van der Waals surface area contributed by atoms with Gasteiger partial charge in [-0.25, -0.2) is 5.43 Å². The largest absolute Gasteiger partial charge is 0.495 e. The van der Waals surface area contributed by atoms with Crippen LogP contribution in [0.3, 0.4) is 0 Å².